The highest BCUT2D eigenvalue weighted by Crippen LogP contribution is 2.45. The fourth-order valence-electron chi connectivity index (χ4n) is 11.7. The molecule has 0 saturated carbocycles. The third kappa shape index (κ3) is 67.9. The summed E-state index contributed by atoms with van der Waals surface area (Å²) in [6.45, 7) is 11.9. The van der Waals surface area contributed by atoms with E-state index < -0.39 is 97.5 Å². The van der Waals surface area contributed by atoms with Crippen molar-refractivity contribution in [3.8, 4) is 0 Å². The van der Waals surface area contributed by atoms with Crippen molar-refractivity contribution in [3.63, 3.8) is 0 Å². The Labute approximate surface area is 588 Å². The van der Waals surface area contributed by atoms with Crippen LogP contribution in [0.1, 0.15) is 395 Å². The van der Waals surface area contributed by atoms with Crippen LogP contribution in [0.4, 0.5) is 0 Å². The van der Waals surface area contributed by atoms with Crippen molar-refractivity contribution in [3.05, 3.63) is 0 Å². The number of aliphatic hydroxyl groups excluding tert-OH is 1. The van der Waals surface area contributed by atoms with Gasteiger partial charge in [-0.25, -0.2) is 9.13 Å². The number of unbranched alkanes of at least 4 members (excludes halogenated alkanes) is 41. The molecule has 0 saturated heterocycles. The Morgan fingerprint density at radius 3 is 0.792 bits per heavy atom. The summed E-state index contributed by atoms with van der Waals surface area (Å²) in [7, 11) is -9.91. The van der Waals surface area contributed by atoms with E-state index in [9.17, 15) is 43.2 Å². The maximum Gasteiger partial charge on any atom is 0.472 e. The summed E-state index contributed by atoms with van der Waals surface area (Å²) < 4.78 is 68.5. The van der Waals surface area contributed by atoms with E-state index in [-0.39, 0.29) is 25.7 Å². The van der Waals surface area contributed by atoms with Gasteiger partial charge in [-0.15, -0.1) is 0 Å². The maximum atomic E-state index is 13.1. The molecule has 0 amide bonds. The smallest absolute Gasteiger partial charge is 0.462 e. The number of hydrogen-bond acceptors (Lipinski definition) is 15. The molecule has 0 radical (unpaired) electrons. The number of phosphoric ester groups is 2. The minimum Gasteiger partial charge on any atom is -0.462 e. The number of esters is 4. The average molecular weight is 1410 g/mol. The first-order valence-corrected chi connectivity index (χ1v) is 42.9. The lowest BCUT2D eigenvalue weighted by Crippen LogP contribution is -2.30. The van der Waals surface area contributed by atoms with Gasteiger partial charge in [-0.1, -0.05) is 344 Å². The highest BCUT2D eigenvalue weighted by atomic mass is 31.2. The van der Waals surface area contributed by atoms with Crippen LogP contribution >= 0.6 is 15.6 Å². The summed E-state index contributed by atoms with van der Waals surface area (Å²) in [5.74, 6) is 0.248. The van der Waals surface area contributed by atoms with Gasteiger partial charge in [0, 0.05) is 25.7 Å². The molecule has 17 nitrogen and oxygen atoms in total. The number of ether oxygens (including phenoxy) is 4. The van der Waals surface area contributed by atoms with Gasteiger partial charge < -0.3 is 33.8 Å². The van der Waals surface area contributed by atoms with E-state index in [1.807, 2.05) is 0 Å². The monoisotopic (exact) mass is 1410 g/mol. The summed E-state index contributed by atoms with van der Waals surface area (Å²) in [5, 5.41) is 10.6. The molecule has 4 unspecified atom stereocenters. The molecule has 3 N–H and O–H groups in total. The van der Waals surface area contributed by atoms with E-state index in [4.69, 9.17) is 37.0 Å². The van der Waals surface area contributed by atoms with Crippen molar-refractivity contribution >= 4 is 39.5 Å². The Morgan fingerprint density at radius 2 is 0.531 bits per heavy atom. The van der Waals surface area contributed by atoms with E-state index in [1.54, 1.807) is 0 Å². The fourth-order valence-corrected chi connectivity index (χ4v) is 13.3. The number of phosphoric acid groups is 2. The van der Waals surface area contributed by atoms with Gasteiger partial charge >= 0.3 is 39.5 Å². The Bertz CT molecular complexity index is 1870. The van der Waals surface area contributed by atoms with Crippen molar-refractivity contribution < 1.29 is 80.2 Å². The topological polar surface area (TPSA) is 237 Å². The molecule has 0 spiro atoms. The van der Waals surface area contributed by atoms with E-state index in [0.29, 0.717) is 25.7 Å². The molecular weight excluding hydrogens is 1260 g/mol. The molecular formula is C77H150O17P2. The standard InChI is InChI=1S/C77H150O17P2/c1-8-11-12-13-14-15-24-28-37-44-51-58-74(79)87-64-73(94-77(82)61-54-47-40-32-30-34-41-48-55-68(4)5)67-92-96(85,86)90-63-71(78)62-89-95(83,84)91-66-72(65-88-75(80)59-52-45-38-33-31-36-43-50-57-70(7)10-3)93-76(81)60-53-46-39-29-26-23-21-19-17-16-18-20-22-25-27-35-42-49-56-69(6)9-2/h68-73,78H,8-67H2,1-7H3,(H,83,84)(H,85,86)/t69?,70?,71-,72-,73-/m1/s1. The second kappa shape index (κ2) is 67.5. The highest BCUT2D eigenvalue weighted by Gasteiger charge is 2.30. The van der Waals surface area contributed by atoms with Crippen molar-refractivity contribution in [2.24, 2.45) is 17.8 Å². The Kier molecular flexibility index (Phi) is 66.2. The summed E-state index contributed by atoms with van der Waals surface area (Å²) in [4.78, 5) is 72.8. The molecule has 96 heavy (non-hydrogen) atoms. The predicted octanol–water partition coefficient (Wildman–Crippen LogP) is 22.6. The van der Waals surface area contributed by atoms with Crippen molar-refractivity contribution in [2.45, 2.75) is 414 Å². The van der Waals surface area contributed by atoms with Crippen molar-refractivity contribution in [2.75, 3.05) is 39.6 Å². The minimum absolute atomic E-state index is 0.105. The molecule has 0 aliphatic heterocycles. The van der Waals surface area contributed by atoms with Crippen LogP contribution in [0.2, 0.25) is 0 Å². The first-order chi connectivity index (χ1) is 46.3. The second-order valence-corrected chi connectivity index (χ2v) is 31.6. The quantitative estimate of drug-likeness (QED) is 0.0222. The largest absolute Gasteiger partial charge is 0.472 e. The van der Waals surface area contributed by atoms with Crippen LogP contribution in [0.5, 0.6) is 0 Å². The van der Waals surface area contributed by atoms with Crippen LogP contribution in [0.3, 0.4) is 0 Å². The molecule has 0 rings (SSSR count). The highest BCUT2D eigenvalue weighted by molar-refractivity contribution is 7.47. The van der Waals surface area contributed by atoms with Crippen LogP contribution in [-0.2, 0) is 65.4 Å². The predicted molar refractivity (Wildman–Crippen MR) is 391 cm³/mol. The van der Waals surface area contributed by atoms with Crippen LogP contribution in [0.15, 0.2) is 0 Å². The number of carbonyl (C=O) groups excluding carboxylic acids is 4. The lowest BCUT2D eigenvalue weighted by molar-refractivity contribution is -0.161. The number of rotatable bonds is 75. The number of carbonyl (C=O) groups is 4. The van der Waals surface area contributed by atoms with E-state index >= 15 is 0 Å². The van der Waals surface area contributed by atoms with Crippen LogP contribution in [0.25, 0.3) is 0 Å². The number of aliphatic hydroxyl groups is 1. The first kappa shape index (κ1) is 94.1. The lowest BCUT2D eigenvalue weighted by atomic mass is 9.99. The first-order valence-electron chi connectivity index (χ1n) is 39.9. The summed E-state index contributed by atoms with van der Waals surface area (Å²) in [5.41, 5.74) is 0. The average Bonchev–Trinajstić information content (AvgIpc) is 2.21. The van der Waals surface area contributed by atoms with Gasteiger partial charge in [0.05, 0.1) is 26.4 Å². The molecule has 7 atom stereocenters. The van der Waals surface area contributed by atoms with Gasteiger partial charge in [0.25, 0.3) is 0 Å². The molecule has 0 aromatic carbocycles. The summed E-state index contributed by atoms with van der Waals surface area (Å²) >= 11 is 0. The van der Waals surface area contributed by atoms with E-state index in [0.717, 1.165) is 108 Å². The summed E-state index contributed by atoms with van der Waals surface area (Å²) in [6.07, 6.45) is 54.1. The van der Waals surface area contributed by atoms with Gasteiger partial charge in [0.2, 0.25) is 0 Å². The van der Waals surface area contributed by atoms with Crippen molar-refractivity contribution in [1.29, 1.82) is 0 Å². The zero-order chi connectivity index (χ0) is 70.9. The minimum atomic E-state index is -4.96. The van der Waals surface area contributed by atoms with Gasteiger partial charge in [-0.2, -0.15) is 0 Å². The van der Waals surface area contributed by atoms with E-state index in [1.165, 1.54) is 205 Å². The molecule has 0 aromatic heterocycles. The zero-order valence-electron chi connectivity index (χ0n) is 62.8. The van der Waals surface area contributed by atoms with Crippen LogP contribution in [0, 0.1) is 17.8 Å². The summed E-state index contributed by atoms with van der Waals surface area (Å²) in [6, 6.07) is 0. The molecule has 0 bridgehead atoms. The zero-order valence-corrected chi connectivity index (χ0v) is 64.6. The Morgan fingerprint density at radius 1 is 0.302 bits per heavy atom. The fraction of sp³-hybridized carbons (Fsp3) is 0.948. The van der Waals surface area contributed by atoms with Gasteiger partial charge in [-0.3, -0.25) is 37.3 Å². The van der Waals surface area contributed by atoms with Gasteiger partial charge in [0.1, 0.15) is 19.3 Å². The molecule has 570 valence electrons. The Balaban J connectivity index is 5.19. The molecule has 0 aliphatic rings. The lowest BCUT2D eigenvalue weighted by Gasteiger charge is -2.21. The second-order valence-electron chi connectivity index (χ2n) is 28.7. The van der Waals surface area contributed by atoms with Gasteiger partial charge in [-0.05, 0) is 43.4 Å². The van der Waals surface area contributed by atoms with E-state index in [2.05, 4.69) is 48.5 Å². The molecule has 0 aromatic rings. The third-order valence-corrected chi connectivity index (χ3v) is 20.5. The third-order valence-electron chi connectivity index (χ3n) is 18.6. The Hall–Kier alpha value is -1.94. The SMILES string of the molecule is CCCCCCCCCCCCCC(=O)OC[C@H](COP(=O)(O)OC[C@H](O)COP(=O)(O)OC[C@@H](COC(=O)CCCCCCCCCCC(C)CC)OC(=O)CCCCCCCCCCCCCCCCCCCCC(C)CC)OC(=O)CCCCCCCCCCC(C)C. The molecule has 0 fully saturated rings. The normalized spacial score (nSPS) is 14.6. The van der Waals surface area contributed by atoms with Crippen molar-refractivity contribution in [1.82, 2.24) is 0 Å². The maximum absolute atomic E-state index is 13.1. The molecule has 0 aliphatic carbocycles. The van der Waals surface area contributed by atoms with Crippen LogP contribution in [-0.4, -0.2) is 96.7 Å². The van der Waals surface area contributed by atoms with Crippen LogP contribution < -0.4 is 0 Å². The number of hydrogen-bond donors (Lipinski definition) is 3. The molecule has 19 heteroatoms. The van der Waals surface area contributed by atoms with Gasteiger partial charge in [0.15, 0.2) is 12.2 Å². The molecule has 0 heterocycles.